The van der Waals surface area contributed by atoms with Crippen LogP contribution in [-0.2, 0) is 197 Å². The summed E-state index contributed by atoms with van der Waals surface area (Å²) in [6.45, 7) is 0. The molecule has 0 aromatic heterocycles. The SMILES string of the molecule is C.O=[P+]([O-])[O-].O=[P+]([O-])[O-].O=[P+]([O-])[O-].O=[P+]([O-])[O-].[Ag+].[Ag+].[Ag+].[Ag+].[Ag+].[Ag+].[Ag+].[Ag+]. The van der Waals surface area contributed by atoms with E-state index in [-0.39, 0.29) is 186 Å². The molecule has 0 unspecified atom stereocenters. The van der Waals surface area contributed by atoms with Crippen molar-refractivity contribution in [3.63, 3.8) is 0 Å². The quantitative estimate of drug-likeness (QED) is 0.163. The van der Waals surface area contributed by atoms with Gasteiger partial charge in [-0.2, -0.15) is 0 Å². The van der Waals surface area contributed by atoms with E-state index < -0.39 is 33.0 Å². The van der Waals surface area contributed by atoms with Crippen molar-refractivity contribution in [2.75, 3.05) is 0 Å². The normalized spacial score (nSPS) is 4.16. The van der Waals surface area contributed by atoms with Crippen molar-refractivity contribution >= 4 is 33.0 Å². The molecule has 0 saturated carbocycles. The second-order valence-electron chi connectivity index (χ2n) is 0.894. The zero-order valence-corrected chi connectivity index (χ0v) is 24.5. The molecule has 0 fully saturated rings. The molecule has 0 aliphatic rings. The fourth-order valence-corrected chi connectivity index (χ4v) is 0. The van der Waals surface area contributed by atoms with Crippen LogP contribution in [0.5, 0.6) is 0 Å². The third-order valence-corrected chi connectivity index (χ3v) is 0. The van der Waals surface area contributed by atoms with Crippen molar-refractivity contribution in [1.29, 1.82) is 0 Å². The van der Waals surface area contributed by atoms with Gasteiger partial charge in [-0.25, -0.2) is 0 Å². The van der Waals surface area contributed by atoms with Gasteiger partial charge in [-0.15, -0.1) is 0 Å². The molecule has 0 spiro atoms. The molecule has 0 radical (unpaired) electrons. The molecule has 0 aromatic rings. The summed E-state index contributed by atoms with van der Waals surface area (Å²) in [5.74, 6) is 0. The van der Waals surface area contributed by atoms with Crippen LogP contribution in [0.1, 0.15) is 7.43 Å². The molecular formula is CH4Ag8O12P4+4. The van der Waals surface area contributed by atoms with E-state index >= 15 is 0 Å². The Hall–Kier alpha value is 6.00. The van der Waals surface area contributed by atoms with Crippen LogP contribution in [0, 0.1) is 0 Å². The summed E-state index contributed by atoms with van der Waals surface area (Å²) in [6.07, 6.45) is 0. The minimum absolute atomic E-state index is 0. The molecule has 0 rings (SSSR count). The van der Waals surface area contributed by atoms with Gasteiger partial charge < -0.3 is 39.1 Å². The van der Waals surface area contributed by atoms with E-state index in [9.17, 15) is 0 Å². The summed E-state index contributed by atoms with van der Waals surface area (Å²) >= 11 is 0. The topological polar surface area (TPSA) is 253 Å². The van der Waals surface area contributed by atoms with Gasteiger partial charge in [0.1, 0.15) is 0 Å². The Labute approximate surface area is 272 Å². The van der Waals surface area contributed by atoms with Gasteiger partial charge in [-0.1, -0.05) is 25.7 Å². The molecule has 24 heteroatoms. The average Bonchev–Trinajstić information content (AvgIpc) is 1.76. The van der Waals surface area contributed by atoms with Crippen LogP contribution < -0.4 is 39.1 Å². The van der Waals surface area contributed by atoms with Gasteiger partial charge in [-0.05, 0) is 0 Å². The van der Waals surface area contributed by atoms with E-state index in [1.807, 2.05) is 0 Å². The summed E-state index contributed by atoms with van der Waals surface area (Å²) in [5, 5.41) is 0. The Morgan fingerprint density at radius 1 is 0.320 bits per heavy atom. The van der Waals surface area contributed by atoms with E-state index in [1.165, 1.54) is 0 Å². The molecule has 0 bridgehead atoms. The number of hydrogen-bond donors (Lipinski definition) is 0. The Bertz CT molecular complexity index is 181. The maximum Gasteiger partial charge on any atom is 1.00 e. The van der Waals surface area contributed by atoms with E-state index in [2.05, 4.69) is 0 Å². The Morgan fingerprint density at radius 2 is 0.320 bits per heavy atom. The van der Waals surface area contributed by atoms with Crippen LogP contribution in [-0.4, -0.2) is 0 Å². The fraction of sp³-hybridized carbons (Fsp3) is 1.00. The molecule has 0 amide bonds. The zero-order valence-electron chi connectivity index (χ0n) is 9.10. The predicted molar refractivity (Wildman–Crippen MR) is 37.2 cm³/mol. The smallest absolute Gasteiger partial charge is 0.598 e. The van der Waals surface area contributed by atoms with Gasteiger partial charge >= 0.3 is 179 Å². The van der Waals surface area contributed by atoms with Crippen LogP contribution in [0.4, 0.5) is 0 Å². The second-order valence-corrected chi connectivity index (χ2v) is 2.68. The summed E-state index contributed by atoms with van der Waals surface area (Å²) < 4.78 is 33.9. The molecule has 0 heterocycles. The Kier molecular flexibility index (Phi) is 268. The molecule has 0 N–H and O–H groups in total. The van der Waals surface area contributed by atoms with Crippen LogP contribution in [0.25, 0.3) is 0 Å². The first-order chi connectivity index (χ1) is 6.93. The van der Waals surface area contributed by atoms with E-state index in [4.69, 9.17) is 57.4 Å². The molecular weight excluding hydrogens is 1190 g/mol. The van der Waals surface area contributed by atoms with E-state index in [0.29, 0.717) is 0 Å². The van der Waals surface area contributed by atoms with Crippen molar-refractivity contribution in [3.8, 4) is 0 Å². The monoisotopic (exact) mass is 1190 g/mol. The maximum absolute atomic E-state index is 8.48. The third kappa shape index (κ3) is 653. The zero-order chi connectivity index (χ0) is 14.3. The summed E-state index contributed by atoms with van der Waals surface area (Å²) in [6, 6.07) is 0. The molecule has 0 aliphatic carbocycles. The van der Waals surface area contributed by atoms with Gasteiger partial charge in [-0.3, -0.25) is 0 Å². The van der Waals surface area contributed by atoms with Crippen molar-refractivity contribution in [3.05, 3.63) is 0 Å². The van der Waals surface area contributed by atoms with E-state index in [0.717, 1.165) is 0 Å². The molecule has 184 valence electrons. The largest absolute Gasteiger partial charge is 1.00 e. The van der Waals surface area contributed by atoms with Gasteiger partial charge in [0.25, 0.3) is 33.0 Å². The molecule has 25 heavy (non-hydrogen) atoms. The first kappa shape index (κ1) is 86.1. The number of rotatable bonds is 0. The summed E-state index contributed by atoms with van der Waals surface area (Å²) in [7, 11) is -13.5. The van der Waals surface area contributed by atoms with E-state index in [1.54, 1.807) is 0 Å². The van der Waals surface area contributed by atoms with Crippen molar-refractivity contribution in [2.24, 2.45) is 0 Å². The first-order valence-corrected chi connectivity index (χ1v) is 6.57. The summed E-state index contributed by atoms with van der Waals surface area (Å²) in [5.41, 5.74) is 0. The van der Waals surface area contributed by atoms with Gasteiger partial charge in [0.15, 0.2) is 0 Å². The number of hydrogen-bond acceptors (Lipinski definition) is 12. The van der Waals surface area contributed by atoms with Crippen LogP contribution in [0.15, 0.2) is 0 Å². The van der Waals surface area contributed by atoms with Gasteiger partial charge in [0.2, 0.25) is 0 Å². The molecule has 0 aliphatic heterocycles. The Morgan fingerprint density at radius 3 is 0.320 bits per heavy atom. The maximum atomic E-state index is 8.48. The van der Waals surface area contributed by atoms with Crippen molar-refractivity contribution in [1.82, 2.24) is 0 Å². The molecule has 12 nitrogen and oxygen atoms in total. The van der Waals surface area contributed by atoms with Crippen molar-refractivity contribution in [2.45, 2.75) is 7.43 Å². The average molecular weight is 1190 g/mol. The summed E-state index contributed by atoms with van der Waals surface area (Å²) in [4.78, 5) is 67.9. The second kappa shape index (κ2) is 77.9. The fourth-order valence-electron chi connectivity index (χ4n) is 0. The standard InChI is InChI=1S/CH4.8Ag.4HO3P/c;;;;;;;;;4*1-4(2)3/h1H4;;;;;;;;;4*(H,1,2,3)/q;8*+1;;;;/p-4. The van der Waals surface area contributed by atoms with Gasteiger partial charge in [0.05, 0.1) is 0 Å². The van der Waals surface area contributed by atoms with Crippen LogP contribution in [0.2, 0.25) is 0 Å². The minimum atomic E-state index is -3.37. The van der Waals surface area contributed by atoms with Crippen molar-refractivity contribution < 1.29 is 236 Å². The Balaban J connectivity index is -0.00000000623. The van der Waals surface area contributed by atoms with Crippen LogP contribution >= 0.6 is 33.0 Å². The van der Waals surface area contributed by atoms with Crippen LogP contribution in [0.3, 0.4) is 0 Å². The third-order valence-electron chi connectivity index (χ3n) is 0. The molecule has 0 atom stereocenters. The first-order valence-electron chi connectivity index (χ1n) is 2.19. The minimum Gasteiger partial charge on any atom is -0.598 e. The molecule has 0 aromatic carbocycles. The van der Waals surface area contributed by atoms with Gasteiger partial charge in [0, 0.05) is 0 Å². The molecule has 0 saturated heterocycles. The predicted octanol–water partition coefficient (Wildman–Crippen LogP) is -5.93.